The molecule has 1 aliphatic rings. The largest absolute Gasteiger partial charge is 0.378 e. The summed E-state index contributed by atoms with van der Waals surface area (Å²) in [6.45, 7) is 2.19. The van der Waals surface area contributed by atoms with Gasteiger partial charge in [0, 0.05) is 28.2 Å². The zero-order chi connectivity index (χ0) is 14.5. The average molecular weight is 298 g/mol. The van der Waals surface area contributed by atoms with Gasteiger partial charge in [-0.15, -0.1) is 11.8 Å². The first-order valence-electron chi connectivity index (χ1n) is 7.75. The van der Waals surface area contributed by atoms with Gasteiger partial charge in [-0.1, -0.05) is 31.0 Å². The second-order valence-electron chi connectivity index (χ2n) is 5.67. The zero-order valence-electron chi connectivity index (χ0n) is 12.5. The van der Waals surface area contributed by atoms with Gasteiger partial charge in [0.05, 0.1) is 6.04 Å². The molecule has 0 spiro atoms. The van der Waals surface area contributed by atoms with Gasteiger partial charge in [0.1, 0.15) is 0 Å². The highest BCUT2D eigenvalue weighted by Gasteiger charge is 2.18. The lowest BCUT2D eigenvalue weighted by Crippen LogP contribution is -2.08. The maximum Gasteiger partial charge on any atom is 0.0501 e. The number of thioether (sulfide) groups is 1. The fourth-order valence-corrected chi connectivity index (χ4v) is 4.16. The predicted octanol–water partition coefficient (Wildman–Crippen LogP) is 5.29. The SMILES string of the molecule is CC(Nc1ccccc1SC1CCCC1)c1cccnc1. The Labute approximate surface area is 131 Å². The maximum atomic E-state index is 4.21. The molecule has 1 heterocycles. The van der Waals surface area contributed by atoms with E-state index in [1.165, 1.54) is 41.8 Å². The van der Waals surface area contributed by atoms with Crippen LogP contribution in [0.15, 0.2) is 53.7 Å². The van der Waals surface area contributed by atoms with Crippen LogP contribution in [0, 0.1) is 0 Å². The Morgan fingerprint density at radius 2 is 1.95 bits per heavy atom. The Morgan fingerprint density at radius 1 is 1.14 bits per heavy atom. The molecule has 0 bridgehead atoms. The lowest BCUT2D eigenvalue weighted by molar-refractivity contribution is 0.869. The van der Waals surface area contributed by atoms with Crippen LogP contribution in [0.5, 0.6) is 0 Å². The summed E-state index contributed by atoms with van der Waals surface area (Å²) < 4.78 is 0. The van der Waals surface area contributed by atoms with Crippen LogP contribution in [-0.2, 0) is 0 Å². The molecule has 1 atom stereocenters. The Bertz CT molecular complexity index is 564. The van der Waals surface area contributed by atoms with Gasteiger partial charge in [-0.05, 0) is 43.5 Å². The number of nitrogens with zero attached hydrogens (tertiary/aromatic N) is 1. The normalized spacial score (nSPS) is 16.8. The van der Waals surface area contributed by atoms with E-state index in [1.54, 1.807) is 0 Å². The van der Waals surface area contributed by atoms with E-state index >= 15 is 0 Å². The minimum atomic E-state index is 0.268. The molecule has 0 amide bonds. The molecule has 21 heavy (non-hydrogen) atoms. The van der Waals surface area contributed by atoms with Gasteiger partial charge >= 0.3 is 0 Å². The highest BCUT2D eigenvalue weighted by molar-refractivity contribution is 8.00. The molecule has 2 aromatic rings. The third kappa shape index (κ3) is 3.79. The fraction of sp³-hybridized carbons (Fsp3) is 0.389. The van der Waals surface area contributed by atoms with Crippen molar-refractivity contribution in [2.45, 2.75) is 48.8 Å². The van der Waals surface area contributed by atoms with E-state index in [4.69, 9.17) is 0 Å². The Hall–Kier alpha value is -1.48. The molecule has 0 saturated heterocycles. The van der Waals surface area contributed by atoms with E-state index in [0.717, 1.165) is 5.25 Å². The van der Waals surface area contributed by atoms with Crippen LogP contribution in [0.4, 0.5) is 5.69 Å². The molecular weight excluding hydrogens is 276 g/mol. The molecule has 3 heteroatoms. The fourth-order valence-electron chi connectivity index (χ4n) is 2.82. The summed E-state index contributed by atoms with van der Waals surface area (Å²) in [6, 6.07) is 13.0. The van der Waals surface area contributed by atoms with E-state index in [2.05, 4.69) is 47.6 Å². The number of nitrogens with one attached hydrogen (secondary N) is 1. The van der Waals surface area contributed by atoms with Gasteiger partial charge in [-0.2, -0.15) is 0 Å². The first-order valence-corrected chi connectivity index (χ1v) is 8.63. The van der Waals surface area contributed by atoms with Gasteiger partial charge in [0.2, 0.25) is 0 Å². The van der Waals surface area contributed by atoms with Crippen LogP contribution in [-0.4, -0.2) is 10.2 Å². The number of aromatic nitrogens is 1. The van der Waals surface area contributed by atoms with Crippen molar-refractivity contribution < 1.29 is 0 Å². The number of pyridine rings is 1. The molecule has 1 unspecified atom stereocenters. The molecule has 2 nitrogen and oxygen atoms in total. The molecular formula is C18H22N2S. The minimum Gasteiger partial charge on any atom is -0.378 e. The first kappa shape index (κ1) is 14.5. The lowest BCUT2D eigenvalue weighted by atomic mass is 10.1. The first-order chi connectivity index (χ1) is 10.3. The molecule has 1 aliphatic carbocycles. The number of hydrogen-bond donors (Lipinski definition) is 1. The van der Waals surface area contributed by atoms with Crippen molar-refractivity contribution in [2.24, 2.45) is 0 Å². The smallest absolute Gasteiger partial charge is 0.0501 e. The number of rotatable bonds is 5. The van der Waals surface area contributed by atoms with E-state index in [1.807, 2.05) is 30.2 Å². The quantitative estimate of drug-likeness (QED) is 0.812. The van der Waals surface area contributed by atoms with Gasteiger partial charge in [0.15, 0.2) is 0 Å². The van der Waals surface area contributed by atoms with Gasteiger partial charge in [-0.3, -0.25) is 4.98 Å². The van der Waals surface area contributed by atoms with Crippen LogP contribution in [0.2, 0.25) is 0 Å². The van der Waals surface area contributed by atoms with E-state index in [-0.39, 0.29) is 6.04 Å². The summed E-state index contributed by atoms with van der Waals surface area (Å²) in [4.78, 5) is 5.58. The highest BCUT2D eigenvalue weighted by Crippen LogP contribution is 2.38. The van der Waals surface area contributed by atoms with E-state index < -0.39 is 0 Å². The van der Waals surface area contributed by atoms with Crippen molar-refractivity contribution in [3.8, 4) is 0 Å². The number of para-hydroxylation sites is 1. The van der Waals surface area contributed by atoms with Crippen LogP contribution in [0.25, 0.3) is 0 Å². The number of hydrogen-bond acceptors (Lipinski definition) is 3. The minimum absolute atomic E-state index is 0.268. The van der Waals surface area contributed by atoms with Crippen molar-refractivity contribution in [1.29, 1.82) is 0 Å². The second kappa shape index (κ2) is 6.99. The van der Waals surface area contributed by atoms with Crippen LogP contribution >= 0.6 is 11.8 Å². The standard InChI is InChI=1S/C18H22N2S/c1-14(15-7-6-12-19-13-15)20-17-10-4-5-11-18(17)21-16-8-2-3-9-16/h4-7,10-14,16,20H,2-3,8-9H2,1H3. The summed E-state index contributed by atoms with van der Waals surface area (Å²) in [5, 5.41) is 4.43. The van der Waals surface area contributed by atoms with Crippen molar-refractivity contribution in [3.63, 3.8) is 0 Å². The van der Waals surface area contributed by atoms with Gasteiger partial charge < -0.3 is 5.32 Å². The molecule has 1 N–H and O–H groups in total. The number of benzene rings is 1. The molecule has 3 rings (SSSR count). The van der Waals surface area contributed by atoms with Crippen molar-refractivity contribution in [2.75, 3.05) is 5.32 Å². The summed E-state index contributed by atoms with van der Waals surface area (Å²) in [5.74, 6) is 0. The van der Waals surface area contributed by atoms with Crippen LogP contribution in [0.1, 0.15) is 44.2 Å². The monoisotopic (exact) mass is 298 g/mol. The number of anilines is 1. The zero-order valence-corrected chi connectivity index (χ0v) is 13.3. The van der Waals surface area contributed by atoms with Crippen LogP contribution < -0.4 is 5.32 Å². The molecule has 1 fully saturated rings. The predicted molar refractivity (Wildman–Crippen MR) is 90.8 cm³/mol. The van der Waals surface area contributed by atoms with Crippen LogP contribution in [0.3, 0.4) is 0 Å². The second-order valence-corrected chi connectivity index (χ2v) is 7.02. The lowest BCUT2D eigenvalue weighted by Gasteiger charge is -2.19. The molecule has 0 aliphatic heterocycles. The van der Waals surface area contributed by atoms with Crippen molar-refractivity contribution >= 4 is 17.4 Å². The summed E-state index contributed by atoms with van der Waals surface area (Å²) in [5.41, 5.74) is 2.46. The average Bonchev–Trinajstić information content (AvgIpc) is 3.03. The van der Waals surface area contributed by atoms with Gasteiger partial charge in [-0.25, -0.2) is 0 Å². The molecule has 0 radical (unpaired) electrons. The third-order valence-corrected chi connectivity index (χ3v) is 5.45. The van der Waals surface area contributed by atoms with E-state index in [9.17, 15) is 0 Å². The molecule has 1 saturated carbocycles. The van der Waals surface area contributed by atoms with E-state index in [0.29, 0.717) is 0 Å². The summed E-state index contributed by atoms with van der Waals surface area (Å²) in [7, 11) is 0. The Kier molecular flexibility index (Phi) is 4.81. The maximum absolute atomic E-state index is 4.21. The topological polar surface area (TPSA) is 24.9 Å². The summed E-state index contributed by atoms with van der Waals surface area (Å²) in [6.07, 6.45) is 9.25. The third-order valence-electron chi connectivity index (χ3n) is 4.04. The molecule has 110 valence electrons. The van der Waals surface area contributed by atoms with Gasteiger partial charge in [0.25, 0.3) is 0 Å². The molecule has 1 aromatic carbocycles. The molecule has 1 aromatic heterocycles. The summed E-state index contributed by atoms with van der Waals surface area (Å²) >= 11 is 2.04. The van der Waals surface area contributed by atoms with Crippen molar-refractivity contribution in [1.82, 2.24) is 4.98 Å². The van der Waals surface area contributed by atoms with Crippen molar-refractivity contribution in [3.05, 3.63) is 54.4 Å². The highest BCUT2D eigenvalue weighted by atomic mass is 32.2. The Morgan fingerprint density at radius 3 is 2.71 bits per heavy atom. The Balaban J connectivity index is 1.72.